The summed E-state index contributed by atoms with van der Waals surface area (Å²) >= 11 is 6.14. The molecule has 0 bridgehead atoms. The van der Waals surface area contributed by atoms with E-state index in [0.29, 0.717) is 21.4 Å². The summed E-state index contributed by atoms with van der Waals surface area (Å²) in [7, 11) is 0. The molecule has 1 heterocycles. The van der Waals surface area contributed by atoms with Crippen LogP contribution in [0.25, 0.3) is 0 Å². The third-order valence-corrected chi connectivity index (χ3v) is 7.48. The van der Waals surface area contributed by atoms with Crippen molar-refractivity contribution in [3.8, 4) is 5.75 Å². The lowest BCUT2D eigenvalue weighted by Gasteiger charge is -2.37. The molecule has 0 spiro atoms. The van der Waals surface area contributed by atoms with Crippen molar-refractivity contribution < 1.29 is 23.9 Å². The molecular weight excluding hydrogens is 599 g/mol. The number of hydrogen-bond acceptors (Lipinski definition) is 8. The normalized spacial score (nSPS) is 11.7. The second-order valence-corrected chi connectivity index (χ2v) is 12.6. The number of nitrogens with one attached hydrogen (secondary N) is 3. The van der Waals surface area contributed by atoms with Crippen LogP contribution in [0.5, 0.6) is 5.75 Å². The molecule has 44 heavy (non-hydrogen) atoms. The van der Waals surface area contributed by atoms with Crippen LogP contribution >= 0.6 is 23.6 Å². The Morgan fingerprint density at radius 1 is 0.909 bits per heavy atom. The third kappa shape index (κ3) is 10.0. The maximum atomic E-state index is 14.0. The Kier molecular flexibility index (Phi) is 11.2. The molecule has 1 aromatic heterocycles. The molecule has 0 fully saturated rings. The first-order valence-electron chi connectivity index (χ1n) is 14.0. The number of hydrogen-bond donors (Lipinski definition) is 3. The first-order chi connectivity index (χ1) is 21.1. The molecular formula is C32H35N5O5S2. The number of aromatic amines is 1. The lowest BCUT2D eigenvalue weighted by molar-refractivity contribution is -0.141. The first kappa shape index (κ1) is 32.4. The highest BCUT2D eigenvalue weighted by atomic mass is 32.1. The smallest absolute Gasteiger partial charge is 0.408 e. The van der Waals surface area contributed by atoms with Crippen LogP contribution in [0, 0.1) is 3.95 Å². The summed E-state index contributed by atoms with van der Waals surface area (Å²) in [6.07, 6.45) is -0.586. The Labute approximate surface area is 265 Å². The number of aromatic nitrogens is 2. The molecule has 0 aliphatic carbocycles. The van der Waals surface area contributed by atoms with Gasteiger partial charge in [0.1, 0.15) is 31.5 Å². The number of carbonyl (C=O) groups excluding carboxylic acids is 3. The van der Waals surface area contributed by atoms with Crippen molar-refractivity contribution in [2.75, 3.05) is 11.9 Å². The topological polar surface area (TPSA) is 126 Å². The molecule has 0 unspecified atom stereocenters. The second kappa shape index (κ2) is 15.3. The highest BCUT2D eigenvalue weighted by Crippen LogP contribution is 2.20. The van der Waals surface area contributed by atoms with Gasteiger partial charge in [0.2, 0.25) is 16.9 Å². The zero-order valence-corrected chi connectivity index (χ0v) is 26.4. The van der Waals surface area contributed by atoms with E-state index in [2.05, 4.69) is 20.8 Å². The molecule has 3 N–H and O–H groups in total. The fourth-order valence-electron chi connectivity index (χ4n) is 4.23. The van der Waals surface area contributed by atoms with Crippen molar-refractivity contribution in [1.82, 2.24) is 20.4 Å². The molecule has 3 aromatic carbocycles. The average molecular weight is 634 g/mol. The van der Waals surface area contributed by atoms with Gasteiger partial charge in [0.15, 0.2) is 3.95 Å². The van der Waals surface area contributed by atoms with Crippen LogP contribution in [0.3, 0.4) is 0 Å². The summed E-state index contributed by atoms with van der Waals surface area (Å²) in [6.45, 7) is 5.66. The van der Waals surface area contributed by atoms with Gasteiger partial charge in [-0.2, -0.15) is 0 Å². The molecule has 0 saturated heterocycles. The van der Waals surface area contributed by atoms with E-state index in [4.69, 9.17) is 21.7 Å². The predicted octanol–water partition coefficient (Wildman–Crippen LogP) is 5.88. The molecule has 0 saturated carbocycles. The zero-order valence-electron chi connectivity index (χ0n) is 24.7. The van der Waals surface area contributed by atoms with E-state index in [0.717, 1.165) is 28.0 Å². The van der Waals surface area contributed by atoms with E-state index < -0.39 is 29.5 Å². The van der Waals surface area contributed by atoms with Gasteiger partial charge in [0, 0.05) is 12.0 Å². The standard InChI is InChI=1S/C32H35N5O5S2/c1-32(2,3)37(19-27(38)34-29-35-36-31(43)44-29)28(39)26(33-30(40)42-21-24-12-8-5-9-13-24)18-22-14-16-25(17-15-22)41-20-23-10-6-4-7-11-23/h4-17,26H,18-21H2,1-3H3,(H,33,40)(H,36,43)(H,34,35,38)/t26-/m0/s1. The van der Waals surface area contributed by atoms with Gasteiger partial charge in [-0.15, -0.1) is 5.10 Å². The minimum absolute atomic E-state index is 0.0438. The molecule has 4 aromatic rings. The molecule has 12 heteroatoms. The Hall–Kier alpha value is -4.55. The molecule has 0 radical (unpaired) electrons. The summed E-state index contributed by atoms with van der Waals surface area (Å²) in [6, 6.07) is 25.4. The number of ether oxygens (including phenoxy) is 2. The van der Waals surface area contributed by atoms with Crippen LogP contribution in [0.2, 0.25) is 0 Å². The van der Waals surface area contributed by atoms with Crippen molar-refractivity contribution in [3.05, 3.63) is 106 Å². The third-order valence-electron chi connectivity index (χ3n) is 6.48. The van der Waals surface area contributed by atoms with Crippen molar-refractivity contribution in [2.45, 2.75) is 52.0 Å². The number of alkyl carbamates (subject to hydrolysis) is 1. The van der Waals surface area contributed by atoms with Gasteiger partial charge in [-0.1, -0.05) is 84.1 Å². The van der Waals surface area contributed by atoms with Crippen LogP contribution in [0.15, 0.2) is 84.9 Å². The number of benzene rings is 3. The van der Waals surface area contributed by atoms with Gasteiger partial charge in [-0.3, -0.25) is 20.0 Å². The van der Waals surface area contributed by atoms with Gasteiger partial charge in [0.05, 0.1) is 0 Å². The molecule has 0 aliphatic heterocycles. The number of anilines is 1. The Balaban J connectivity index is 1.49. The van der Waals surface area contributed by atoms with E-state index in [1.807, 2.05) is 106 Å². The van der Waals surface area contributed by atoms with Crippen LogP contribution in [-0.2, 0) is 34.0 Å². The molecule has 4 rings (SSSR count). The Morgan fingerprint density at radius 2 is 1.52 bits per heavy atom. The average Bonchev–Trinajstić information content (AvgIpc) is 3.42. The quantitative estimate of drug-likeness (QED) is 0.166. The van der Waals surface area contributed by atoms with Crippen molar-refractivity contribution in [2.24, 2.45) is 0 Å². The van der Waals surface area contributed by atoms with Gasteiger partial charge < -0.3 is 19.7 Å². The van der Waals surface area contributed by atoms with Gasteiger partial charge in [0.25, 0.3) is 0 Å². The summed E-state index contributed by atoms with van der Waals surface area (Å²) in [5, 5.41) is 12.3. The van der Waals surface area contributed by atoms with E-state index in [1.54, 1.807) is 0 Å². The Morgan fingerprint density at radius 3 is 2.09 bits per heavy atom. The number of rotatable bonds is 12. The minimum atomic E-state index is -1.02. The Bertz CT molecular complexity index is 1590. The highest BCUT2D eigenvalue weighted by molar-refractivity contribution is 7.73. The number of amides is 3. The molecule has 0 aliphatic rings. The van der Waals surface area contributed by atoms with Crippen LogP contribution in [0.4, 0.5) is 9.93 Å². The molecule has 230 valence electrons. The van der Waals surface area contributed by atoms with Crippen LogP contribution < -0.4 is 15.4 Å². The molecule has 1 atom stereocenters. The van der Waals surface area contributed by atoms with E-state index >= 15 is 0 Å². The second-order valence-electron chi connectivity index (χ2n) is 10.9. The lowest BCUT2D eigenvalue weighted by Crippen LogP contribution is -2.57. The fraction of sp³-hybridized carbons (Fsp3) is 0.281. The van der Waals surface area contributed by atoms with E-state index in [-0.39, 0.29) is 19.6 Å². The molecule has 10 nitrogen and oxygen atoms in total. The maximum absolute atomic E-state index is 14.0. The largest absolute Gasteiger partial charge is 0.489 e. The first-order valence-corrected chi connectivity index (χ1v) is 15.2. The van der Waals surface area contributed by atoms with Gasteiger partial charge >= 0.3 is 6.09 Å². The summed E-state index contributed by atoms with van der Waals surface area (Å²) in [5.74, 6) is -0.218. The van der Waals surface area contributed by atoms with Crippen LogP contribution in [0.1, 0.15) is 37.5 Å². The van der Waals surface area contributed by atoms with E-state index in [1.165, 1.54) is 4.90 Å². The SMILES string of the molecule is CC(C)(C)N(CC(=O)Nc1n[nH]c(=S)s1)C(=O)[C@H](Cc1ccc(OCc2ccccc2)cc1)NC(=O)OCc1ccccc1. The summed E-state index contributed by atoms with van der Waals surface area (Å²) in [5.41, 5.74) is 1.89. The maximum Gasteiger partial charge on any atom is 0.408 e. The summed E-state index contributed by atoms with van der Waals surface area (Å²) < 4.78 is 11.7. The highest BCUT2D eigenvalue weighted by Gasteiger charge is 2.34. The zero-order chi connectivity index (χ0) is 31.5. The molecule has 3 amide bonds. The lowest BCUT2D eigenvalue weighted by atomic mass is 10.00. The number of nitrogens with zero attached hydrogens (tertiary/aromatic N) is 2. The van der Waals surface area contributed by atoms with Crippen molar-refractivity contribution >= 4 is 46.6 Å². The van der Waals surface area contributed by atoms with Gasteiger partial charge in [-0.05, 0) is 61.8 Å². The van der Waals surface area contributed by atoms with Crippen molar-refractivity contribution in [1.29, 1.82) is 0 Å². The predicted molar refractivity (Wildman–Crippen MR) is 172 cm³/mol. The van der Waals surface area contributed by atoms with Crippen molar-refractivity contribution in [3.63, 3.8) is 0 Å². The fourth-order valence-corrected chi connectivity index (χ4v) is 5.03. The number of carbonyl (C=O) groups is 3. The summed E-state index contributed by atoms with van der Waals surface area (Å²) in [4.78, 5) is 41.3. The van der Waals surface area contributed by atoms with Gasteiger partial charge in [-0.25, -0.2) is 4.79 Å². The van der Waals surface area contributed by atoms with E-state index in [9.17, 15) is 14.4 Å². The van der Waals surface area contributed by atoms with Crippen LogP contribution in [-0.4, -0.2) is 51.1 Å². The monoisotopic (exact) mass is 633 g/mol. The minimum Gasteiger partial charge on any atom is -0.489 e. The number of H-pyrrole nitrogens is 1.